The summed E-state index contributed by atoms with van der Waals surface area (Å²) in [5.74, 6) is -0.604. The molecule has 0 bridgehead atoms. The van der Waals surface area contributed by atoms with Crippen LogP contribution in [0.25, 0.3) is 10.9 Å². The first kappa shape index (κ1) is 27.2. The maximum absolute atomic E-state index is 13.8. The molecule has 2 aromatic carbocycles. The lowest BCUT2D eigenvalue weighted by Gasteiger charge is -2.41. The number of aromatic nitrogens is 1. The number of hydrogen-bond acceptors (Lipinski definition) is 6. The van der Waals surface area contributed by atoms with Crippen LogP contribution >= 0.6 is 0 Å². The van der Waals surface area contributed by atoms with Crippen LogP contribution < -0.4 is 9.47 Å². The van der Waals surface area contributed by atoms with Crippen LogP contribution in [0.5, 0.6) is 11.5 Å². The number of nitrogens with zero attached hydrogens (tertiary/aromatic N) is 2. The van der Waals surface area contributed by atoms with E-state index in [9.17, 15) is 23.4 Å². The first-order chi connectivity index (χ1) is 17.9. The third-order valence-electron chi connectivity index (χ3n) is 7.39. The molecular formula is C28H33F3N2O4. The standard InChI is InChI=1S/C28H33F3N2O4/c1-36-22-2-3-25-24(15-22)27(19(16-29)17-32-25)26(35)4-5-28(18-34)6-8-33(9-7-28)10-11-37-23-13-20(30)12-21(31)14-23/h2-3,12-15,17,26,34-35H,4-11,16,18H2,1H3. The van der Waals surface area contributed by atoms with Gasteiger partial charge in [-0.15, -0.1) is 0 Å². The van der Waals surface area contributed by atoms with E-state index in [1.807, 2.05) is 0 Å². The van der Waals surface area contributed by atoms with Crippen molar-refractivity contribution in [3.63, 3.8) is 0 Å². The minimum absolute atomic E-state index is 0.00644. The Morgan fingerprint density at radius 2 is 1.81 bits per heavy atom. The van der Waals surface area contributed by atoms with Crippen LogP contribution in [-0.2, 0) is 6.67 Å². The van der Waals surface area contributed by atoms with E-state index >= 15 is 0 Å². The average Bonchev–Trinajstić information content (AvgIpc) is 2.91. The highest BCUT2D eigenvalue weighted by molar-refractivity contribution is 5.85. The van der Waals surface area contributed by atoms with Gasteiger partial charge in [0.15, 0.2) is 0 Å². The van der Waals surface area contributed by atoms with E-state index in [2.05, 4.69) is 9.88 Å². The Balaban J connectivity index is 1.35. The van der Waals surface area contributed by atoms with Crippen LogP contribution in [-0.4, -0.2) is 60.1 Å². The van der Waals surface area contributed by atoms with Gasteiger partial charge in [-0.3, -0.25) is 9.88 Å². The Morgan fingerprint density at radius 3 is 2.46 bits per heavy atom. The molecule has 2 N–H and O–H groups in total. The van der Waals surface area contributed by atoms with Gasteiger partial charge in [-0.05, 0) is 68.0 Å². The summed E-state index contributed by atoms with van der Waals surface area (Å²) in [5, 5.41) is 22.1. The van der Waals surface area contributed by atoms with Gasteiger partial charge in [0.05, 0.1) is 18.7 Å². The lowest BCUT2D eigenvalue weighted by atomic mass is 9.74. The number of fused-ring (bicyclic) bond motifs is 1. The quantitative estimate of drug-likeness (QED) is 0.374. The highest BCUT2D eigenvalue weighted by Crippen LogP contribution is 2.40. The van der Waals surface area contributed by atoms with Crippen LogP contribution in [0, 0.1) is 17.0 Å². The van der Waals surface area contributed by atoms with Crippen LogP contribution in [0.1, 0.15) is 42.9 Å². The van der Waals surface area contributed by atoms with Gasteiger partial charge in [-0.1, -0.05) is 0 Å². The molecule has 0 radical (unpaired) electrons. The molecule has 0 saturated carbocycles. The molecule has 6 nitrogen and oxygen atoms in total. The van der Waals surface area contributed by atoms with Crippen molar-refractivity contribution in [1.82, 2.24) is 9.88 Å². The van der Waals surface area contributed by atoms with E-state index in [4.69, 9.17) is 9.47 Å². The molecule has 200 valence electrons. The number of piperidine rings is 1. The molecule has 1 saturated heterocycles. The van der Waals surface area contributed by atoms with Crippen molar-refractivity contribution < 1.29 is 32.9 Å². The molecule has 1 fully saturated rings. The molecule has 4 rings (SSSR count). The number of rotatable bonds is 11. The SMILES string of the molecule is COc1ccc2ncc(CF)c(C(O)CCC3(CO)CCN(CCOc4cc(F)cc(F)c4)CC3)c2c1. The van der Waals surface area contributed by atoms with Crippen molar-refractivity contribution in [2.45, 2.75) is 38.5 Å². The zero-order chi connectivity index (χ0) is 26.4. The summed E-state index contributed by atoms with van der Waals surface area (Å²) in [6, 6.07) is 8.42. The third-order valence-corrected chi connectivity index (χ3v) is 7.39. The summed E-state index contributed by atoms with van der Waals surface area (Å²) in [7, 11) is 1.55. The zero-order valence-electron chi connectivity index (χ0n) is 20.9. The monoisotopic (exact) mass is 518 g/mol. The number of halogens is 3. The number of ether oxygens (including phenoxy) is 2. The average molecular weight is 519 g/mol. The molecule has 0 aliphatic carbocycles. The molecule has 37 heavy (non-hydrogen) atoms. The Morgan fingerprint density at radius 1 is 1.08 bits per heavy atom. The van der Waals surface area contributed by atoms with Gasteiger partial charge >= 0.3 is 0 Å². The minimum atomic E-state index is -0.912. The van der Waals surface area contributed by atoms with Gasteiger partial charge in [0.1, 0.15) is 36.4 Å². The fourth-order valence-electron chi connectivity index (χ4n) is 5.09. The van der Waals surface area contributed by atoms with E-state index in [-0.39, 0.29) is 24.4 Å². The first-order valence-corrected chi connectivity index (χ1v) is 12.5. The van der Waals surface area contributed by atoms with E-state index in [1.165, 1.54) is 6.20 Å². The van der Waals surface area contributed by atoms with Gasteiger partial charge in [-0.2, -0.15) is 0 Å². The number of likely N-dealkylation sites (tertiary alicyclic amines) is 1. The second kappa shape index (κ2) is 12.1. The number of aliphatic hydroxyl groups excluding tert-OH is 2. The van der Waals surface area contributed by atoms with Gasteiger partial charge in [-0.25, -0.2) is 13.2 Å². The second-order valence-electron chi connectivity index (χ2n) is 9.72. The van der Waals surface area contributed by atoms with E-state index < -0.39 is 24.4 Å². The molecule has 0 amide bonds. The van der Waals surface area contributed by atoms with Crippen LogP contribution in [0.2, 0.25) is 0 Å². The summed E-state index contributed by atoms with van der Waals surface area (Å²) >= 11 is 0. The normalized spacial score (nSPS) is 16.6. The number of pyridine rings is 1. The van der Waals surface area contributed by atoms with Gasteiger partial charge in [0.2, 0.25) is 0 Å². The van der Waals surface area contributed by atoms with Crippen molar-refractivity contribution >= 4 is 10.9 Å². The predicted molar refractivity (Wildman–Crippen MR) is 134 cm³/mol. The molecule has 1 unspecified atom stereocenters. The van der Waals surface area contributed by atoms with Gasteiger partial charge < -0.3 is 19.7 Å². The first-order valence-electron chi connectivity index (χ1n) is 12.5. The Hall–Kier alpha value is -2.88. The topological polar surface area (TPSA) is 75.0 Å². The summed E-state index contributed by atoms with van der Waals surface area (Å²) in [5.41, 5.74) is 1.17. The molecule has 1 aliphatic rings. The maximum Gasteiger partial charge on any atom is 0.129 e. The maximum atomic E-state index is 13.8. The van der Waals surface area contributed by atoms with Crippen LogP contribution in [0.4, 0.5) is 13.2 Å². The van der Waals surface area contributed by atoms with Gasteiger partial charge in [0, 0.05) is 48.5 Å². The van der Waals surface area contributed by atoms with Crippen molar-refractivity contribution in [1.29, 1.82) is 0 Å². The zero-order valence-corrected chi connectivity index (χ0v) is 20.9. The fourth-order valence-corrected chi connectivity index (χ4v) is 5.09. The fraction of sp³-hybridized carbons (Fsp3) is 0.464. The minimum Gasteiger partial charge on any atom is -0.497 e. The van der Waals surface area contributed by atoms with Crippen molar-refractivity contribution in [3.05, 3.63) is 65.4 Å². The third kappa shape index (κ3) is 6.52. The van der Waals surface area contributed by atoms with E-state index in [0.717, 1.165) is 44.1 Å². The molecule has 0 spiro atoms. The molecular weight excluding hydrogens is 485 g/mol. The van der Waals surface area contributed by atoms with E-state index in [1.54, 1.807) is 25.3 Å². The lowest BCUT2D eigenvalue weighted by Crippen LogP contribution is -2.43. The number of aliphatic hydroxyl groups is 2. The summed E-state index contributed by atoms with van der Waals surface area (Å²) in [4.78, 5) is 6.50. The predicted octanol–water partition coefficient (Wildman–Crippen LogP) is 4.96. The number of methoxy groups -OCH3 is 1. The molecule has 1 aromatic heterocycles. The van der Waals surface area contributed by atoms with Crippen LogP contribution in [0.15, 0.2) is 42.6 Å². The number of benzene rings is 2. The second-order valence-corrected chi connectivity index (χ2v) is 9.72. The molecule has 1 aliphatic heterocycles. The number of alkyl halides is 1. The number of hydrogen-bond donors (Lipinski definition) is 2. The van der Waals surface area contributed by atoms with Crippen molar-refractivity contribution in [2.75, 3.05) is 40.0 Å². The Bertz CT molecular complexity index is 1180. The van der Waals surface area contributed by atoms with Crippen molar-refractivity contribution in [3.8, 4) is 11.5 Å². The van der Waals surface area contributed by atoms with Gasteiger partial charge in [0.25, 0.3) is 0 Å². The van der Waals surface area contributed by atoms with Crippen molar-refractivity contribution in [2.24, 2.45) is 5.41 Å². The largest absolute Gasteiger partial charge is 0.497 e. The molecule has 3 aromatic rings. The summed E-state index contributed by atoms with van der Waals surface area (Å²) in [6.45, 7) is 1.58. The Kier molecular flexibility index (Phi) is 8.89. The lowest BCUT2D eigenvalue weighted by molar-refractivity contribution is 0.0204. The smallest absolute Gasteiger partial charge is 0.129 e. The Labute approximate surface area is 214 Å². The molecule has 2 heterocycles. The highest BCUT2D eigenvalue weighted by Gasteiger charge is 2.34. The summed E-state index contributed by atoms with van der Waals surface area (Å²) < 4.78 is 51.3. The molecule has 9 heteroatoms. The van der Waals surface area contributed by atoms with Crippen LogP contribution in [0.3, 0.4) is 0 Å². The summed E-state index contributed by atoms with van der Waals surface area (Å²) in [6.07, 6.45) is 2.96. The molecule has 1 atom stereocenters. The highest BCUT2D eigenvalue weighted by atomic mass is 19.1. The van der Waals surface area contributed by atoms with E-state index in [0.29, 0.717) is 47.2 Å².